The van der Waals surface area contributed by atoms with Crippen LogP contribution in [0.15, 0.2) is 24.3 Å². The summed E-state index contributed by atoms with van der Waals surface area (Å²) in [6.07, 6.45) is 0. The number of amides is 1. The molecule has 0 saturated carbocycles. The largest absolute Gasteiger partial charge is 0.353 e. The molecule has 0 aliphatic rings. The highest BCUT2D eigenvalue weighted by Gasteiger charge is 2.08. The number of carbonyl (C=O) groups excluding carboxylic acids is 1. The second kappa shape index (κ2) is 5.18. The monoisotopic (exact) mass is 246 g/mol. The van der Waals surface area contributed by atoms with E-state index < -0.39 is 6.04 Å². The molecule has 0 unspecified atom stereocenters. The van der Waals surface area contributed by atoms with Gasteiger partial charge in [0.15, 0.2) is 0 Å². The predicted octanol–water partition coefficient (Wildman–Crippen LogP) is 0.808. The summed E-state index contributed by atoms with van der Waals surface area (Å²) >= 11 is 0. The van der Waals surface area contributed by atoms with Crippen molar-refractivity contribution in [2.75, 3.05) is 6.54 Å². The molecule has 5 nitrogen and oxygen atoms in total. The maximum atomic E-state index is 11.4. The van der Waals surface area contributed by atoms with Crippen LogP contribution in [-0.2, 0) is 11.3 Å². The van der Waals surface area contributed by atoms with Crippen molar-refractivity contribution in [3.05, 3.63) is 30.1 Å². The van der Waals surface area contributed by atoms with Crippen LogP contribution in [-0.4, -0.2) is 28.0 Å². The van der Waals surface area contributed by atoms with Gasteiger partial charge in [0.25, 0.3) is 0 Å². The number of aryl methyl sites for hydroxylation is 1. The van der Waals surface area contributed by atoms with Crippen LogP contribution in [0.5, 0.6) is 0 Å². The zero-order valence-corrected chi connectivity index (χ0v) is 10.7. The first kappa shape index (κ1) is 12.6. The number of aromatic nitrogens is 2. The number of para-hydroxylation sites is 2. The Kier molecular flexibility index (Phi) is 3.62. The van der Waals surface area contributed by atoms with E-state index in [4.69, 9.17) is 5.73 Å². The summed E-state index contributed by atoms with van der Waals surface area (Å²) in [4.78, 5) is 15.8. The molecule has 1 amide bonds. The lowest BCUT2D eigenvalue weighted by Gasteiger charge is -2.10. The Morgan fingerprint density at radius 3 is 2.94 bits per heavy atom. The molecule has 0 spiro atoms. The van der Waals surface area contributed by atoms with Crippen LogP contribution in [0, 0.1) is 6.92 Å². The molecule has 18 heavy (non-hydrogen) atoms. The van der Waals surface area contributed by atoms with E-state index in [0.717, 1.165) is 16.9 Å². The molecule has 0 aliphatic heterocycles. The number of nitrogens with one attached hydrogen (secondary N) is 1. The van der Waals surface area contributed by atoms with Crippen molar-refractivity contribution in [1.29, 1.82) is 0 Å². The van der Waals surface area contributed by atoms with Gasteiger partial charge in [0.05, 0.1) is 17.1 Å². The highest BCUT2D eigenvalue weighted by Crippen LogP contribution is 2.14. The third-order valence-corrected chi connectivity index (χ3v) is 2.89. The molecule has 2 aromatic rings. The second-order valence-corrected chi connectivity index (χ2v) is 4.38. The van der Waals surface area contributed by atoms with E-state index in [9.17, 15) is 4.79 Å². The smallest absolute Gasteiger partial charge is 0.236 e. The molecule has 1 heterocycles. The van der Waals surface area contributed by atoms with E-state index in [1.807, 2.05) is 31.2 Å². The van der Waals surface area contributed by atoms with Crippen LogP contribution in [0.25, 0.3) is 11.0 Å². The molecule has 0 bridgehead atoms. The summed E-state index contributed by atoms with van der Waals surface area (Å²) in [5, 5.41) is 2.80. The van der Waals surface area contributed by atoms with Crippen molar-refractivity contribution in [3.8, 4) is 0 Å². The third-order valence-electron chi connectivity index (χ3n) is 2.89. The van der Waals surface area contributed by atoms with Gasteiger partial charge in [-0.3, -0.25) is 4.79 Å². The van der Waals surface area contributed by atoms with Gasteiger partial charge in [-0.15, -0.1) is 0 Å². The van der Waals surface area contributed by atoms with Gasteiger partial charge in [-0.05, 0) is 26.0 Å². The maximum absolute atomic E-state index is 11.4. The molecule has 0 radical (unpaired) electrons. The number of hydrogen-bond donors (Lipinski definition) is 2. The number of hydrogen-bond acceptors (Lipinski definition) is 3. The maximum Gasteiger partial charge on any atom is 0.236 e. The van der Waals surface area contributed by atoms with Gasteiger partial charge in [0.1, 0.15) is 5.82 Å². The van der Waals surface area contributed by atoms with Gasteiger partial charge in [-0.25, -0.2) is 4.98 Å². The molecular formula is C13H18N4O. The molecule has 1 atom stereocenters. The molecule has 1 aromatic carbocycles. The van der Waals surface area contributed by atoms with E-state index in [-0.39, 0.29) is 5.91 Å². The Labute approximate surface area is 106 Å². The highest BCUT2D eigenvalue weighted by molar-refractivity contribution is 5.81. The Balaban J connectivity index is 2.08. The van der Waals surface area contributed by atoms with E-state index in [2.05, 4.69) is 14.9 Å². The van der Waals surface area contributed by atoms with Crippen molar-refractivity contribution in [1.82, 2.24) is 14.9 Å². The summed E-state index contributed by atoms with van der Waals surface area (Å²) < 4.78 is 2.09. The van der Waals surface area contributed by atoms with Gasteiger partial charge in [0, 0.05) is 13.1 Å². The zero-order chi connectivity index (χ0) is 13.1. The quantitative estimate of drug-likeness (QED) is 0.838. The lowest BCUT2D eigenvalue weighted by atomic mass is 10.3. The fourth-order valence-corrected chi connectivity index (χ4v) is 1.93. The number of benzene rings is 1. The molecule has 96 valence electrons. The first-order valence-corrected chi connectivity index (χ1v) is 6.05. The van der Waals surface area contributed by atoms with E-state index in [0.29, 0.717) is 13.1 Å². The number of nitrogens with two attached hydrogens (primary N) is 1. The summed E-state index contributed by atoms with van der Waals surface area (Å²) in [6, 6.07) is 7.50. The van der Waals surface area contributed by atoms with Crippen LogP contribution in [0.3, 0.4) is 0 Å². The summed E-state index contributed by atoms with van der Waals surface area (Å²) in [5.74, 6) is 0.823. The fourth-order valence-electron chi connectivity index (χ4n) is 1.93. The molecule has 0 fully saturated rings. The topological polar surface area (TPSA) is 72.9 Å². The van der Waals surface area contributed by atoms with Gasteiger partial charge in [-0.1, -0.05) is 12.1 Å². The van der Waals surface area contributed by atoms with Crippen molar-refractivity contribution >= 4 is 16.9 Å². The van der Waals surface area contributed by atoms with Crippen molar-refractivity contribution in [3.63, 3.8) is 0 Å². The standard InChI is InChI=1S/C13H18N4O/c1-9(14)13(18)15-7-8-17-10(2)16-11-5-3-4-6-12(11)17/h3-6,9H,7-8,14H2,1-2H3,(H,15,18)/t9-/m1/s1. The van der Waals surface area contributed by atoms with Crippen molar-refractivity contribution in [2.45, 2.75) is 26.4 Å². The number of nitrogens with zero attached hydrogens (tertiary/aromatic N) is 2. The average Bonchev–Trinajstić information content (AvgIpc) is 2.65. The molecule has 1 aromatic heterocycles. The van der Waals surface area contributed by atoms with E-state index in [1.54, 1.807) is 6.92 Å². The van der Waals surface area contributed by atoms with E-state index in [1.165, 1.54) is 0 Å². The molecule has 3 N–H and O–H groups in total. The van der Waals surface area contributed by atoms with Crippen LogP contribution in [0.2, 0.25) is 0 Å². The molecule has 2 rings (SSSR count). The first-order valence-electron chi connectivity index (χ1n) is 6.05. The SMILES string of the molecule is Cc1nc2ccccc2n1CCNC(=O)[C@@H](C)N. The minimum atomic E-state index is -0.467. The van der Waals surface area contributed by atoms with Crippen LogP contribution < -0.4 is 11.1 Å². The minimum Gasteiger partial charge on any atom is -0.353 e. The third kappa shape index (κ3) is 2.51. The van der Waals surface area contributed by atoms with Crippen LogP contribution >= 0.6 is 0 Å². The lowest BCUT2D eigenvalue weighted by molar-refractivity contribution is -0.122. The van der Waals surface area contributed by atoms with Gasteiger partial charge < -0.3 is 15.6 Å². The summed E-state index contributed by atoms with van der Waals surface area (Å²) in [6.45, 7) is 4.90. The Hall–Kier alpha value is -1.88. The number of imidazole rings is 1. The number of carbonyl (C=O) groups is 1. The summed E-state index contributed by atoms with van der Waals surface area (Å²) in [7, 11) is 0. The molecule has 5 heteroatoms. The number of rotatable bonds is 4. The predicted molar refractivity (Wildman–Crippen MR) is 71.1 cm³/mol. The highest BCUT2D eigenvalue weighted by atomic mass is 16.2. The molecular weight excluding hydrogens is 228 g/mol. The lowest BCUT2D eigenvalue weighted by Crippen LogP contribution is -2.39. The van der Waals surface area contributed by atoms with Crippen molar-refractivity contribution in [2.24, 2.45) is 5.73 Å². The van der Waals surface area contributed by atoms with Gasteiger partial charge in [-0.2, -0.15) is 0 Å². The first-order chi connectivity index (χ1) is 8.59. The minimum absolute atomic E-state index is 0.128. The van der Waals surface area contributed by atoms with Crippen LogP contribution in [0.4, 0.5) is 0 Å². The number of fused-ring (bicyclic) bond motifs is 1. The van der Waals surface area contributed by atoms with Gasteiger partial charge >= 0.3 is 0 Å². The van der Waals surface area contributed by atoms with Gasteiger partial charge in [0.2, 0.25) is 5.91 Å². The second-order valence-electron chi connectivity index (χ2n) is 4.38. The zero-order valence-electron chi connectivity index (χ0n) is 10.7. The fraction of sp³-hybridized carbons (Fsp3) is 0.385. The summed E-state index contributed by atoms with van der Waals surface area (Å²) in [5.41, 5.74) is 7.55. The van der Waals surface area contributed by atoms with Crippen molar-refractivity contribution < 1.29 is 4.79 Å². The van der Waals surface area contributed by atoms with E-state index >= 15 is 0 Å². The Morgan fingerprint density at radius 1 is 1.50 bits per heavy atom. The Morgan fingerprint density at radius 2 is 2.22 bits per heavy atom. The average molecular weight is 246 g/mol. The Bertz CT molecular complexity index is 559. The van der Waals surface area contributed by atoms with Crippen LogP contribution in [0.1, 0.15) is 12.7 Å². The normalized spacial score (nSPS) is 12.6. The molecule has 0 aliphatic carbocycles. The molecule has 0 saturated heterocycles.